The molecule has 2 unspecified atom stereocenters. The molecule has 1 aromatic rings. The van der Waals surface area contributed by atoms with Crippen LogP contribution in [0, 0.1) is 5.92 Å². The van der Waals surface area contributed by atoms with Crippen LogP contribution in [0.15, 0.2) is 24.3 Å². The fourth-order valence-electron chi connectivity index (χ4n) is 2.95. The number of hydrogen-bond donors (Lipinski definition) is 2. The zero-order chi connectivity index (χ0) is 15.9. The number of piperidine rings is 1. The van der Waals surface area contributed by atoms with Crippen LogP contribution in [0.1, 0.15) is 25.3 Å². The number of hydrogen-bond acceptors (Lipinski definition) is 3. The lowest BCUT2D eigenvalue weighted by Gasteiger charge is -2.38. The summed E-state index contributed by atoms with van der Waals surface area (Å²) in [5.74, 6) is 1.45. The molecule has 1 heterocycles. The molecule has 2 N–H and O–H groups in total. The minimum absolute atomic E-state index is 0.0300. The second kappa shape index (κ2) is 8.44. The second-order valence-corrected chi connectivity index (χ2v) is 6.92. The van der Waals surface area contributed by atoms with Crippen molar-refractivity contribution in [1.82, 2.24) is 4.90 Å². The average Bonchev–Trinajstić information content (AvgIpc) is 2.54. The lowest BCUT2D eigenvalue weighted by Crippen LogP contribution is -2.51. The van der Waals surface area contributed by atoms with Gasteiger partial charge in [-0.15, -0.1) is 0 Å². The van der Waals surface area contributed by atoms with Crippen molar-refractivity contribution in [2.45, 2.75) is 32.2 Å². The predicted octanol–water partition coefficient (Wildman–Crippen LogP) is 3.22. The van der Waals surface area contributed by atoms with Gasteiger partial charge in [0.1, 0.15) is 0 Å². The highest BCUT2D eigenvalue weighted by Gasteiger charge is 2.31. The van der Waals surface area contributed by atoms with Crippen molar-refractivity contribution in [1.29, 1.82) is 0 Å². The molecule has 4 nitrogen and oxygen atoms in total. The molecule has 0 aromatic heterocycles. The average molecular weight is 322 g/mol. The first-order valence-electron chi connectivity index (χ1n) is 7.92. The van der Waals surface area contributed by atoms with Crippen molar-refractivity contribution >= 4 is 23.5 Å². The van der Waals surface area contributed by atoms with E-state index in [9.17, 15) is 9.90 Å². The van der Waals surface area contributed by atoms with E-state index in [0.717, 1.165) is 30.7 Å². The number of nitrogens with one attached hydrogen (secondary N) is 1. The summed E-state index contributed by atoms with van der Waals surface area (Å²) in [6, 6.07) is 7.85. The van der Waals surface area contributed by atoms with Gasteiger partial charge in [0.05, 0.1) is 12.6 Å². The zero-order valence-corrected chi connectivity index (χ0v) is 14.2. The summed E-state index contributed by atoms with van der Waals surface area (Å²) < 4.78 is 0. The van der Waals surface area contributed by atoms with Crippen LogP contribution in [-0.2, 0) is 6.42 Å². The van der Waals surface area contributed by atoms with Gasteiger partial charge in [-0.05, 0) is 54.9 Å². The number of aliphatic hydroxyl groups is 1. The van der Waals surface area contributed by atoms with E-state index in [1.807, 2.05) is 23.9 Å². The van der Waals surface area contributed by atoms with Crippen LogP contribution >= 0.6 is 11.8 Å². The third-order valence-electron chi connectivity index (χ3n) is 4.36. The van der Waals surface area contributed by atoms with Crippen LogP contribution in [0.5, 0.6) is 0 Å². The first-order chi connectivity index (χ1) is 10.7. The minimum Gasteiger partial charge on any atom is -0.394 e. The predicted molar refractivity (Wildman–Crippen MR) is 93.5 cm³/mol. The van der Waals surface area contributed by atoms with Crippen LogP contribution in [0.2, 0.25) is 0 Å². The molecule has 2 atom stereocenters. The van der Waals surface area contributed by atoms with Gasteiger partial charge in [-0.25, -0.2) is 4.79 Å². The topological polar surface area (TPSA) is 52.6 Å². The van der Waals surface area contributed by atoms with Gasteiger partial charge < -0.3 is 15.3 Å². The smallest absolute Gasteiger partial charge is 0.322 e. The zero-order valence-electron chi connectivity index (χ0n) is 13.4. The number of urea groups is 1. The largest absolute Gasteiger partial charge is 0.394 e. The monoisotopic (exact) mass is 322 g/mol. The highest BCUT2D eigenvalue weighted by molar-refractivity contribution is 7.98. The fourth-order valence-corrected chi connectivity index (χ4v) is 3.39. The number of anilines is 1. The number of carbonyl (C=O) groups is 1. The maximum atomic E-state index is 12.4. The van der Waals surface area contributed by atoms with Crippen LogP contribution in [0.4, 0.5) is 10.5 Å². The lowest BCUT2D eigenvalue weighted by molar-refractivity contribution is 0.0811. The number of aryl methyl sites for hydroxylation is 1. The number of thioether (sulfide) groups is 1. The van der Waals surface area contributed by atoms with Gasteiger partial charge in [-0.1, -0.05) is 19.1 Å². The van der Waals surface area contributed by atoms with E-state index in [4.69, 9.17) is 0 Å². The van der Waals surface area contributed by atoms with Crippen molar-refractivity contribution < 1.29 is 9.90 Å². The number of benzene rings is 1. The van der Waals surface area contributed by atoms with Gasteiger partial charge in [0, 0.05) is 12.2 Å². The first-order valence-corrected chi connectivity index (χ1v) is 9.31. The van der Waals surface area contributed by atoms with E-state index in [-0.39, 0.29) is 18.7 Å². The Bertz CT molecular complexity index is 478. The van der Waals surface area contributed by atoms with E-state index in [2.05, 4.69) is 30.6 Å². The highest BCUT2D eigenvalue weighted by atomic mass is 32.2. The van der Waals surface area contributed by atoms with Gasteiger partial charge in [-0.2, -0.15) is 11.8 Å². The molecule has 5 heteroatoms. The Labute approximate surface area is 137 Å². The van der Waals surface area contributed by atoms with Crippen LogP contribution in [0.25, 0.3) is 0 Å². The maximum Gasteiger partial charge on any atom is 0.322 e. The van der Waals surface area contributed by atoms with E-state index < -0.39 is 0 Å². The van der Waals surface area contributed by atoms with E-state index in [1.54, 1.807) is 4.90 Å². The van der Waals surface area contributed by atoms with Crippen LogP contribution in [-0.4, -0.2) is 47.2 Å². The summed E-state index contributed by atoms with van der Waals surface area (Å²) in [7, 11) is 0. The number of amides is 2. The molecule has 0 spiro atoms. The van der Waals surface area contributed by atoms with Crippen LogP contribution < -0.4 is 5.32 Å². The van der Waals surface area contributed by atoms with Crippen LogP contribution in [0.3, 0.4) is 0 Å². The molecule has 2 amide bonds. The standard InChI is InChI=1S/C17H26N2O2S/c1-13-4-3-10-19(16(13)12-20)17(21)18-15-7-5-14(6-8-15)9-11-22-2/h5-8,13,16,20H,3-4,9-12H2,1-2H3,(H,18,21). The van der Waals surface area contributed by atoms with E-state index >= 15 is 0 Å². The van der Waals surface area contributed by atoms with Crippen molar-refractivity contribution in [2.24, 2.45) is 5.92 Å². The molecule has 22 heavy (non-hydrogen) atoms. The summed E-state index contributed by atoms with van der Waals surface area (Å²) in [6.07, 6.45) is 5.22. The Kier molecular flexibility index (Phi) is 6.58. The molecular formula is C17H26N2O2S. The van der Waals surface area contributed by atoms with Crippen molar-refractivity contribution in [2.75, 3.05) is 30.5 Å². The van der Waals surface area contributed by atoms with Crippen molar-refractivity contribution in [3.8, 4) is 0 Å². The maximum absolute atomic E-state index is 12.4. The van der Waals surface area contributed by atoms with Crippen molar-refractivity contribution in [3.63, 3.8) is 0 Å². The Hall–Kier alpha value is -1.20. The Balaban J connectivity index is 1.95. The summed E-state index contributed by atoms with van der Waals surface area (Å²) in [4.78, 5) is 14.2. The summed E-state index contributed by atoms with van der Waals surface area (Å²) in [5.41, 5.74) is 2.10. The Morgan fingerprint density at radius 2 is 2.14 bits per heavy atom. The quantitative estimate of drug-likeness (QED) is 0.875. The molecule has 0 bridgehead atoms. The summed E-state index contributed by atoms with van der Waals surface area (Å²) >= 11 is 1.83. The Morgan fingerprint density at radius 1 is 1.41 bits per heavy atom. The lowest BCUT2D eigenvalue weighted by atomic mass is 9.91. The van der Waals surface area contributed by atoms with E-state index in [1.165, 1.54) is 5.56 Å². The molecule has 0 radical (unpaired) electrons. The molecule has 1 aliphatic rings. The molecular weight excluding hydrogens is 296 g/mol. The van der Waals surface area contributed by atoms with Gasteiger partial charge in [0.15, 0.2) is 0 Å². The number of carbonyl (C=O) groups excluding carboxylic acids is 1. The molecule has 2 rings (SSSR count). The van der Waals surface area contributed by atoms with Gasteiger partial charge in [0.2, 0.25) is 0 Å². The number of aliphatic hydroxyl groups excluding tert-OH is 1. The van der Waals surface area contributed by atoms with Gasteiger partial charge in [0.25, 0.3) is 0 Å². The first kappa shape index (κ1) is 17.2. The summed E-state index contributed by atoms with van der Waals surface area (Å²) in [5, 5.41) is 12.5. The molecule has 0 saturated carbocycles. The molecule has 1 saturated heterocycles. The minimum atomic E-state index is -0.109. The number of likely N-dealkylation sites (tertiary alicyclic amines) is 1. The molecule has 1 aromatic carbocycles. The molecule has 122 valence electrons. The van der Waals surface area contributed by atoms with E-state index in [0.29, 0.717) is 12.5 Å². The molecule has 0 aliphatic carbocycles. The normalized spacial score (nSPS) is 21.7. The number of rotatable bonds is 5. The Morgan fingerprint density at radius 3 is 2.77 bits per heavy atom. The summed E-state index contributed by atoms with van der Waals surface area (Å²) in [6.45, 7) is 2.84. The SMILES string of the molecule is CSCCc1ccc(NC(=O)N2CCCC(C)C2CO)cc1. The third kappa shape index (κ3) is 4.40. The third-order valence-corrected chi connectivity index (χ3v) is 4.98. The highest BCUT2D eigenvalue weighted by Crippen LogP contribution is 2.24. The molecule has 1 aliphatic heterocycles. The number of nitrogens with zero attached hydrogens (tertiary/aromatic N) is 1. The fraction of sp³-hybridized carbons (Fsp3) is 0.588. The van der Waals surface area contributed by atoms with Gasteiger partial charge >= 0.3 is 6.03 Å². The molecule has 1 fully saturated rings. The second-order valence-electron chi connectivity index (χ2n) is 5.93. The van der Waals surface area contributed by atoms with Crippen molar-refractivity contribution in [3.05, 3.63) is 29.8 Å². The van der Waals surface area contributed by atoms with Gasteiger partial charge in [-0.3, -0.25) is 0 Å².